The van der Waals surface area contributed by atoms with Gasteiger partial charge in [-0.05, 0) is 22.0 Å². The van der Waals surface area contributed by atoms with E-state index in [1.807, 2.05) is 6.07 Å². The van der Waals surface area contributed by atoms with Crippen LogP contribution in [0.1, 0.15) is 10.4 Å². The summed E-state index contributed by atoms with van der Waals surface area (Å²) >= 11 is 3.36. The van der Waals surface area contributed by atoms with Crippen molar-refractivity contribution in [2.45, 2.75) is 6.10 Å². The Morgan fingerprint density at radius 2 is 2.16 bits per heavy atom. The van der Waals surface area contributed by atoms with Gasteiger partial charge < -0.3 is 15.0 Å². The number of pyridine rings is 1. The van der Waals surface area contributed by atoms with Gasteiger partial charge in [0, 0.05) is 29.0 Å². The van der Waals surface area contributed by atoms with Gasteiger partial charge in [-0.3, -0.25) is 9.59 Å². The number of halogens is 1. The van der Waals surface area contributed by atoms with Crippen LogP contribution in [0.2, 0.25) is 0 Å². The largest absolute Gasteiger partial charge is 0.389 e. The zero-order valence-corrected chi connectivity index (χ0v) is 11.5. The number of nitrogens with one attached hydrogen (secondary N) is 1. The fourth-order valence-corrected chi connectivity index (χ4v) is 2.68. The fraction of sp³-hybridized carbons (Fsp3) is 0.231. The molecule has 1 aliphatic heterocycles. The van der Waals surface area contributed by atoms with Crippen molar-refractivity contribution >= 4 is 32.7 Å². The number of hydrogen-bond acceptors (Lipinski definition) is 3. The summed E-state index contributed by atoms with van der Waals surface area (Å²) < 4.78 is 0.736. The molecule has 0 saturated carbocycles. The first kappa shape index (κ1) is 12.4. The standard InChI is InChI=1S/C13H11BrN2O3/c14-10-3-1-2-8-9(4-11(18)15-12(8)10)13(19)16-5-7(17)6-16/h1-4,7,17H,5-6H2,(H,15,18). The summed E-state index contributed by atoms with van der Waals surface area (Å²) in [6.07, 6.45) is -0.455. The third-order valence-electron chi connectivity index (χ3n) is 3.21. The first-order valence-electron chi connectivity index (χ1n) is 5.85. The van der Waals surface area contributed by atoms with Crippen LogP contribution in [-0.4, -0.2) is 40.1 Å². The number of H-pyrrole nitrogens is 1. The molecule has 1 aromatic carbocycles. The number of aliphatic hydroxyl groups excluding tert-OH is 1. The van der Waals surface area contributed by atoms with Crippen molar-refractivity contribution in [2.24, 2.45) is 0 Å². The van der Waals surface area contributed by atoms with Crippen molar-refractivity contribution in [3.8, 4) is 0 Å². The van der Waals surface area contributed by atoms with Crippen molar-refractivity contribution in [1.82, 2.24) is 9.88 Å². The summed E-state index contributed by atoms with van der Waals surface area (Å²) in [5, 5.41) is 9.95. The van der Waals surface area contributed by atoms with Gasteiger partial charge in [-0.15, -0.1) is 0 Å². The Kier molecular flexibility index (Phi) is 2.91. The zero-order chi connectivity index (χ0) is 13.6. The minimum Gasteiger partial charge on any atom is -0.389 e. The third kappa shape index (κ3) is 2.06. The first-order valence-corrected chi connectivity index (χ1v) is 6.64. The van der Waals surface area contributed by atoms with Gasteiger partial charge in [0.15, 0.2) is 0 Å². The lowest BCUT2D eigenvalue weighted by molar-refractivity contribution is 0.00602. The highest BCUT2D eigenvalue weighted by Gasteiger charge is 2.30. The summed E-state index contributed by atoms with van der Waals surface area (Å²) in [5.41, 5.74) is 0.662. The molecule has 0 bridgehead atoms. The molecule has 0 unspecified atom stereocenters. The first-order chi connectivity index (χ1) is 9.06. The van der Waals surface area contributed by atoms with Gasteiger partial charge in [-0.25, -0.2) is 0 Å². The second-order valence-electron chi connectivity index (χ2n) is 4.57. The minimum absolute atomic E-state index is 0.223. The number of fused-ring (bicyclic) bond motifs is 1. The second-order valence-corrected chi connectivity index (χ2v) is 5.43. The Morgan fingerprint density at radius 1 is 1.42 bits per heavy atom. The lowest BCUT2D eigenvalue weighted by atomic mass is 10.1. The van der Waals surface area contributed by atoms with Crippen molar-refractivity contribution < 1.29 is 9.90 Å². The number of aromatic nitrogens is 1. The summed E-state index contributed by atoms with van der Waals surface area (Å²) in [6.45, 7) is 0.641. The number of nitrogens with zero attached hydrogens (tertiary/aromatic N) is 1. The van der Waals surface area contributed by atoms with Crippen LogP contribution in [0.3, 0.4) is 0 Å². The molecule has 1 saturated heterocycles. The molecule has 1 aromatic heterocycles. The Balaban J connectivity index is 2.15. The smallest absolute Gasteiger partial charge is 0.254 e. The molecular weight excluding hydrogens is 312 g/mol. The Bertz CT molecular complexity index is 719. The van der Waals surface area contributed by atoms with Gasteiger partial charge in [0.1, 0.15) is 0 Å². The lowest BCUT2D eigenvalue weighted by Gasteiger charge is -2.36. The molecule has 19 heavy (non-hydrogen) atoms. The van der Waals surface area contributed by atoms with E-state index in [2.05, 4.69) is 20.9 Å². The van der Waals surface area contributed by atoms with Crippen LogP contribution in [0.15, 0.2) is 33.5 Å². The summed E-state index contributed by atoms with van der Waals surface area (Å²) in [4.78, 5) is 28.2. The van der Waals surface area contributed by atoms with Gasteiger partial charge in [0.25, 0.3) is 5.91 Å². The van der Waals surface area contributed by atoms with Crippen LogP contribution in [0.25, 0.3) is 10.9 Å². The number of hydrogen-bond donors (Lipinski definition) is 2. The molecule has 2 heterocycles. The van der Waals surface area contributed by atoms with E-state index >= 15 is 0 Å². The normalized spacial score (nSPS) is 15.6. The van der Waals surface area contributed by atoms with Crippen molar-refractivity contribution in [2.75, 3.05) is 13.1 Å². The van der Waals surface area contributed by atoms with Gasteiger partial charge >= 0.3 is 0 Å². The average Bonchev–Trinajstić information content (AvgIpc) is 2.34. The molecule has 3 rings (SSSR count). The maximum Gasteiger partial charge on any atom is 0.254 e. The molecule has 2 N–H and O–H groups in total. The van der Waals surface area contributed by atoms with Gasteiger partial charge in [-0.2, -0.15) is 0 Å². The monoisotopic (exact) mass is 322 g/mol. The maximum absolute atomic E-state index is 12.3. The lowest BCUT2D eigenvalue weighted by Crippen LogP contribution is -2.53. The minimum atomic E-state index is -0.455. The topological polar surface area (TPSA) is 73.4 Å². The predicted octanol–water partition coefficient (Wildman–Crippen LogP) is 1.11. The van der Waals surface area contributed by atoms with Gasteiger partial charge in [-0.1, -0.05) is 12.1 Å². The molecule has 0 atom stereocenters. The van der Waals surface area contributed by atoms with Gasteiger partial charge in [0.05, 0.1) is 17.2 Å². The molecule has 2 aromatic rings. The van der Waals surface area contributed by atoms with Crippen molar-refractivity contribution in [1.29, 1.82) is 0 Å². The third-order valence-corrected chi connectivity index (χ3v) is 3.87. The van der Waals surface area contributed by atoms with Crippen molar-refractivity contribution in [3.05, 3.63) is 44.7 Å². The average molecular weight is 323 g/mol. The van der Waals surface area contributed by atoms with Gasteiger partial charge in [0.2, 0.25) is 5.56 Å². The Morgan fingerprint density at radius 3 is 2.84 bits per heavy atom. The number of carbonyl (C=O) groups is 1. The summed E-state index contributed by atoms with van der Waals surface area (Å²) in [5.74, 6) is -0.223. The van der Waals surface area contributed by atoms with E-state index in [-0.39, 0.29) is 11.5 Å². The van der Waals surface area contributed by atoms with Crippen LogP contribution >= 0.6 is 15.9 Å². The van der Waals surface area contributed by atoms with E-state index in [0.29, 0.717) is 29.6 Å². The van der Waals surface area contributed by atoms with Crippen LogP contribution in [0.5, 0.6) is 0 Å². The molecule has 0 spiro atoms. The molecule has 6 heteroatoms. The number of aromatic amines is 1. The highest BCUT2D eigenvalue weighted by molar-refractivity contribution is 9.10. The van der Waals surface area contributed by atoms with Crippen LogP contribution in [-0.2, 0) is 0 Å². The molecular formula is C13H11BrN2O3. The van der Waals surface area contributed by atoms with E-state index in [1.54, 1.807) is 12.1 Å². The van der Waals surface area contributed by atoms with Crippen LogP contribution in [0, 0.1) is 0 Å². The second kappa shape index (κ2) is 4.47. The molecule has 0 aliphatic carbocycles. The highest BCUT2D eigenvalue weighted by atomic mass is 79.9. The zero-order valence-electron chi connectivity index (χ0n) is 9.89. The quantitative estimate of drug-likeness (QED) is 0.826. The van der Waals surface area contributed by atoms with E-state index < -0.39 is 6.10 Å². The van der Waals surface area contributed by atoms with E-state index in [4.69, 9.17) is 0 Å². The summed E-state index contributed by atoms with van der Waals surface area (Å²) in [6, 6.07) is 6.72. The number of likely N-dealkylation sites (tertiary alicyclic amines) is 1. The number of benzene rings is 1. The Hall–Kier alpha value is -1.66. The molecule has 1 amide bonds. The van der Waals surface area contributed by atoms with Crippen LogP contribution < -0.4 is 5.56 Å². The van der Waals surface area contributed by atoms with Crippen molar-refractivity contribution in [3.63, 3.8) is 0 Å². The highest BCUT2D eigenvalue weighted by Crippen LogP contribution is 2.25. The number of carbonyl (C=O) groups excluding carboxylic acids is 1. The molecule has 0 radical (unpaired) electrons. The number of rotatable bonds is 1. The number of para-hydroxylation sites is 1. The molecule has 5 nitrogen and oxygen atoms in total. The maximum atomic E-state index is 12.3. The van der Waals surface area contributed by atoms with E-state index in [9.17, 15) is 14.7 Å². The predicted molar refractivity (Wildman–Crippen MR) is 74.2 cm³/mol. The van der Waals surface area contributed by atoms with Crippen LogP contribution in [0.4, 0.5) is 0 Å². The van der Waals surface area contributed by atoms with E-state index in [1.165, 1.54) is 11.0 Å². The number of amides is 1. The Labute approximate surface area is 117 Å². The SMILES string of the molecule is O=C(c1cc(=O)[nH]c2c(Br)cccc12)N1CC(O)C1. The fourth-order valence-electron chi connectivity index (χ4n) is 2.21. The number of aliphatic hydroxyl groups is 1. The summed E-state index contributed by atoms with van der Waals surface area (Å²) in [7, 11) is 0. The molecule has 1 fully saturated rings. The molecule has 98 valence electrons. The number of β-amino-alcohol motifs (C(OH)–C–C–N with tert-alkyl or cyclic N) is 1. The van der Waals surface area contributed by atoms with E-state index in [0.717, 1.165) is 4.47 Å². The molecule has 1 aliphatic rings.